The lowest BCUT2D eigenvalue weighted by molar-refractivity contribution is 0.819. The number of benzene rings is 8. The number of fused-ring (bicyclic) bond motifs is 2. The maximum Gasteiger partial charge on any atom is 0.252 e. The molecule has 7 nitrogen and oxygen atoms in total. The third-order valence-electron chi connectivity index (χ3n) is 10.6. The summed E-state index contributed by atoms with van der Waals surface area (Å²) in [5.41, 5.74) is 22.6. The molecule has 0 saturated carbocycles. The third kappa shape index (κ3) is 8.05. The molecule has 288 valence electrons. The Labute approximate surface area is 349 Å². The van der Waals surface area contributed by atoms with Crippen LogP contribution >= 0.6 is 0 Å². The van der Waals surface area contributed by atoms with E-state index in [1.807, 2.05) is 133 Å². The molecule has 0 bridgehead atoms. The van der Waals surface area contributed by atoms with E-state index >= 15 is 0 Å². The van der Waals surface area contributed by atoms with Crippen molar-refractivity contribution in [3.8, 4) is 33.6 Å². The molecule has 1 unspecified atom stereocenters. The molecule has 60 heavy (non-hydrogen) atoms. The molecule has 4 N–H and O–H groups in total. The zero-order valence-electron chi connectivity index (χ0n) is 33.0. The Balaban J connectivity index is 0.990. The van der Waals surface area contributed by atoms with Crippen LogP contribution in [0.3, 0.4) is 0 Å². The Morgan fingerprint density at radius 1 is 0.467 bits per heavy atom. The number of hydrogen-bond donors (Lipinski definition) is 2. The number of amidine groups is 3. The Hall–Kier alpha value is -8.03. The van der Waals surface area contributed by atoms with Gasteiger partial charge >= 0.3 is 0 Å². The van der Waals surface area contributed by atoms with Crippen LogP contribution in [-0.2, 0) is 0 Å². The second-order valence-corrected chi connectivity index (χ2v) is 14.5. The molecule has 0 radical (unpaired) electrons. The van der Waals surface area contributed by atoms with Crippen LogP contribution in [0.2, 0.25) is 0 Å². The SMILES string of the molecule is CC(N=C(N=C(N)c1cccc2ccccc12)c1cccc2ccccc12)c1ccc(-c2ccc(/C(N)=N/c3nc(-c4ccccc4)cc(-c4ccccc4)n3)cc2)cc1. The zero-order valence-corrected chi connectivity index (χ0v) is 33.0. The fourth-order valence-corrected chi connectivity index (χ4v) is 7.42. The first-order valence-electron chi connectivity index (χ1n) is 19.9. The monoisotopic (exact) mass is 775 g/mol. The average molecular weight is 776 g/mol. The van der Waals surface area contributed by atoms with E-state index in [0.717, 1.165) is 77.4 Å². The van der Waals surface area contributed by atoms with E-state index in [2.05, 4.69) is 78.6 Å². The van der Waals surface area contributed by atoms with Gasteiger partial charge in [0.05, 0.1) is 17.4 Å². The number of rotatable bonds is 9. The summed E-state index contributed by atoms with van der Waals surface area (Å²) >= 11 is 0. The van der Waals surface area contributed by atoms with E-state index in [4.69, 9.17) is 31.4 Å². The minimum Gasteiger partial charge on any atom is -0.383 e. The topological polar surface area (TPSA) is 115 Å². The molecule has 0 aliphatic rings. The van der Waals surface area contributed by atoms with Gasteiger partial charge < -0.3 is 11.5 Å². The molecule has 8 aromatic carbocycles. The van der Waals surface area contributed by atoms with E-state index in [0.29, 0.717) is 23.5 Å². The molecular weight excluding hydrogens is 735 g/mol. The second kappa shape index (κ2) is 16.8. The third-order valence-corrected chi connectivity index (χ3v) is 10.6. The van der Waals surface area contributed by atoms with Gasteiger partial charge in [-0.05, 0) is 51.2 Å². The average Bonchev–Trinajstić information content (AvgIpc) is 3.31. The lowest BCUT2D eigenvalue weighted by Gasteiger charge is -2.13. The van der Waals surface area contributed by atoms with Crippen molar-refractivity contribution in [1.82, 2.24) is 9.97 Å². The second-order valence-electron chi connectivity index (χ2n) is 14.5. The highest BCUT2D eigenvalue weighted by molar-refractivity contribution is 6.18. The minimum atomic E-state index is -0.208. The highest BCUT2D eigenvalue weighted by Gasteiger charge is 2.15. The molecule has 9 aromatic rings. The van der Waals surface area contributed by atoms with Gasteiger partial charge in [-0.2, -0.15) is 4.99 Å². The lowest BCUT2D eigenvalue weighted by Crippen LogP contribution is -2.17. The van der Waals surface area contributed by atoms with Crippen LogP contribution in [0.4, 0.5) is 5.95 Å². The van der Waals surface area contributed by atoms with E-state index in [1.54, 1.807) is 0 Å². The lowest BCUT2D eigenvalue weighted by atomic mass is 10.00. The number of aromatic nitrogens is 2. The summed E-state index contributed by atoms with van der Waals surface area (Å²) in [6.45, 7) is 2.09. The van der Waals surface area contributed by atoms with Gasteiger partial charge in [-0.15, -0.1) is 0 Å². The predicted molar refractivity (Wildman–Crippen MR) is 249 cm³/mol. The van der Waals surface area contributed by atoms with Gasteiger partial charge in [0, 0.05) is 27.8 Å². The highest BCUT2D eigenvalue weighted by Crippen LogP contribution is 2.29. The normalized spacial score (nSPS) is 12.8. The molecular formula is C53H41N7. The maximum atomic E-state index is 6.81. The number of nitrogens with two attached hydrogens (primary N) is 2. The van der Waals surface area contributed by atoms with Crippen molar-refractivity contribution in [1.29, 1.82) is 0 Å². The van der Waals surface area contributed by atoms with E-state index < -0.39 is 0 Å². The van der Waals surface area contributed by atoms with Crippen LogP contribution in [0.5, 0.6) is 0 Å². The summed E-state index contributed by atoms with van der Waals surface area (Å²) in [6.07, 6.45) is 0. The van der Waals surface area contributed by atoms with Gasteiger partial charge in [-0.3, -0.25) is 4.99 Å². The van der Waals surface area contributed by atoms with Crippen LogP contribution in [0.25, 0.3) is 55.2 Å². The minimum absolute atomic E-state index is 0.208. The van der Waals surface area contributed by atoms with Crippen molar-refractivity contribution in [2.75, 3.05) is 0 Å². The Morgan fingerprint density at radius 2 is 0.950 bits per heavy atom. The van der Waals surface area contributed by atoms with Gasteiger partial charge in [-0.25, -0.2) is 15.0 Å². The summed E-state index contributed by atoms with van der Waals surface area (Å²) in [7, 11) is 0. The van der Waals surface area contributed by atoms with Crippen molar-refractivity contribution < 1.29 is 0 Å². The van der Waals surface area contributed by atoms with Gasteiger partial charge in [0.15, 0.2) is 5.84 Å². The summed E-state index contributed by atoms with van der Waals surface area (Å²) in [5, 5.41) is 4.33. The molecule has 0 amide bonds. The Bertz CT molecular complexity index is 2980. The maximum absolute atomic E-state index is 6.81. The molecule has 9 rings (SSSR count). The first-order valence-corrected chi connectivity index (χ1v) is 19.9. The van der Waals surface area contributed by atoms with Crippen LogP contribution in [0.1, 0.15) is 35.2 Å². The van der Waals surface area contributed by atoms with Gasteiger partial charge in [0.2, 0.25) is 0 Å². The highest BCUT2D eigenvalue weighted by atomic mass is 15.1. The van der Waals surface area contributed by atoms with Crippen molar-refractivity contribution in [2.45, 2.75) is 13.0 Å². The van der Waals surface area contributed by atoms with Crippen LogP contribution in [-0.4, -0.2) is 27.5 Å². The largest absolute Gasteiger partial charge is 0.383 e. The summed E-state index contributed by atoms with van der Waals surface area (Å²) in [5.74, 6) is 1.63. The first kappa shape index (κ1) is 37.5. The van der Waals surface area contributed by atoms with Gasteiger partial charge in [-0.1, -0.05) is 194 Å². The Morgan fingerprint density at radius 3 is 1.53 bits per heavy atom. The van der Waals surface area contributed by atoms with E-state index in [1.165, 1.54) is 0 Å². The Kier molecular flexibility index (Phi) is 10.5. The van der Waals surface area contributed by atoms with E-state index in [-0.39, 0.29) is 6.04 Å². The molecule has 7 heteroatoms. The van der Waals surface area contributed by atoms with Crippen LogP contribution < -0.4 is 11.5 Å². The summed E-state index contributed by atoms with van der Waals surface area (Å²) in [6, 6.07) is 67.1. The molecule has 1 aromatic heterocycles. The van der Waals surface area contributed by atoms with Gasteiger partial charge in [0.25, 0.3) is 5.95 Å². The smallest absolute Gasteiger partial charge is 0.252 e. The molecule has 1 atom stereocenters. The molecule has 0 spiro atoms. The molecule has 0 aliphatic carbocycles. The molecule has 1 heterocycles. The molecule has 0 fully saturated rings. The zero-order chi connectivity index (χ0) is 40.8. The molecule has 0 saturated heterocycles. The predicted octanol–water partition coefficient (Wildman–Crippen LogP) is 11.7. The van der Waals surface area contributed by atoms with Gasteiger partial charge in [0.1, 0.15) is 11.7 Å². The number of aliphatic imine (C=N–C) groups is 3. The fraction of sp³-hybridized carbons (Fsp3) is 0.0377. The number of hydrogen-bond acceptors (Lipinski definition) is 4. The fourth-order valence-electron chi connectivity index (χ4n) is 7.42. The van der Waals surface area contributed by atoms with Crippen molar-refractivity contribution in [3.05, 3.63) is 222 Å². The molecule has 0 aliphatic heterocycles. The van der Waals surface area contributed by atoms with E-state index in [9.17, 15) is 0 Å². The summed E-state index contributed by atoms with van der Waals surface area (Å²) in [4.78, 5) is 24.5. The van der Waals surface area contributed by atoms with Crippen LogP contribution in [0, 0.1) is 0 Å². The van der Waals surface area contributed by atoms with Crippen LogP contribution in [0.15, 0.2) is 215 Å². The first-order chi connectivity index (χ1) is 29.5. The number of nitrogens with zero attached hydrogens (tertiary/aromatic N) is 5. The standard InChI is InChI=1S/C53H41N7/c1-35(56-52(47-25-13-21-40-15-9-11-23-45(40)47)59-51(55)46-24-12-20-39-14-8-10-22-44(39)46)36-26-28-37(29-27-36)38-30-32-43(33-31-38)50(54)60-53-57-48(41-16-4-2-5-17-41)34-49(58-53)42-18-6-3-7-19-42/h2-35H,1H3,(H2,55,56,59)(H2,54,57,58,60). The van der Waals surface area contributed by atoms with Crippen molar-refractivity contribution in [2.24, 2.45) is 26.4 Å². The van der Waals surface area contributed by atoms with Crippen molar-refractivity contribution >= 4 is 45.0 Å². The quantitative estimate of drug-likeness (QED) is 0.112. The van der Waals surface area contributed by atoms with Crippen molar-refractivity contribution in [3.63, 3.8) is 0 Å². The summed E-state index contributed by atoms with van der Waals surface area (Å²) < 4.78 is 0.